The van der Waals surface area contributed by atoms with E-state index >= 15 is 0 Å². The van der Waals surface area contributed by atoms with Crippen LogP contribution in [0.4, 0.5) is 17.3 Å². The van der Waals surface area contributed by atoms with Crippen molar-refractivity contribution in [3.8, 4) is 11.6 Å². The second-order valence-electron chi connectivity index (χ2n) is 7.53. The lowest BCUT2D eigenvalue weighted by Gasteiger charge is -2.37. The summed E-state index contributed by atoms with van der Waals surface area (Å²) in [4.78, 5) is 17.9. The summed E-state index contributed by atoms with van der Waals surface area (Å²) in [6, 6.07) is 6.82. The summed E-state index contributed by atoms with van der Waals surface area (Å²) in [6.07, 6.45) is 9.44. The number of methoxy groups -OCH3 is 1. The van der Waals surface area contributed by atoms with Gasteiger partial charge in [-0.2, -0.15) is 4.98 Å². The van der Waals surface area contributed by atoms with Crippen molar-refractivity contribution >= 4 is 39.9 Å². The lowest BCUT2D eigenvalue weighted by Crippen LogP contribution is -2.42. The van der Waals surface area contributed by atoms with E-state index in [-0.39, 0.29) is 0 Å². The molecular weight excluding hydrogens is 493 g/mol. The highest BCUT2D eigenvalue weighted by atomic mass is 127. The number of aromatic nitrogens is 4. The average Bonchev–Trinajstić information content (AvgIpc) is 3.30. The van der Waals surface area contributed by atoms with E-state index in [1.807, 2.05) is 22.9 Å². The van der Waals surface area contributed by atoms with Gasteiger partial charge in [0.2, 0.25) is 5.95 Å². The maximum atomic E-state index is 5.71. The Kier molecular flexibility index (Phi) is 6.38. The van der Waals surface area contributed by atoms with Crippen molar-refractivity contribution in [2.45, 2.75) is 18.9 Å². The number of rotatable bonds is 6. The summed E-state index contributed by atoms with van der Waals surface area (Å²) in [5.74, 6) is 2.17. The predicted octanol–water partition coefficient (Wildman–Crippen LogP) is 3.55. The fourth-order valence-corrected chi connectivity index (χ4v) is 4.29. The first-order valence-electron chi connectivity index (χ1n) is 9.92. The van der Waals surface area contributed by atoms with Crippen LogP contribution in [0.3, 0.4) is 0 Å². The second-order valence-corrected chi connectivity index (χ2v) is 8.69. The summed E-state index contributed by atoms with van der Waals surface area (Å²) < 4.78 is 8.53. The van der Waals surface area contributed by atoms with E-state index in [9.17, 15) is 0 Å². The molecular formula is C21H26IN7O. The van der Waals surface area contributed by atoms with Gasteiger partial charge in [-0.25, -0.2) is 9.97 Å². The van der Waals surface area contributed by atoms with Crippen molar-refractivity contribution < 1.29 is 4.74 Å². The molecule has 30 heavy (non-hydrogen) atoms. The van der Waals surface area contributed by atoms with Crippen molar-refractivity contribution in [1.82, 2.24) is 24.4 Å². The van der Waals surface area contributed by atoms with Crippen molar-refractivity contribution in [3.63, 3.8) is 0 Å². The molecule has 0 aliphatic carbocycles. The van der Waals surface area contributed by atoms with Crippen LogP contribution in [0.15, 0.2) is 43.1 Å². The standard InChI is InChI=1S/C21H26IN7O/c1-27(2)16-6-9-28(10-7-16)18-5-4-15(12-19(18)30-3)25-21-24-13-17(22)20(26-21)29-11-8-23-14-29/h4-5,8,11-14,16H,6-7,9-10H2,1-3H3,(H,24,25,26). The van der Waals surface area contributed by atoms with Gasteiger partial charge in [0.05, 0.1) is 16.4 Å². The monoisotopic (exact) mass is 519 g/mol. The number of hydrogen-bond acceptors (Lipinski definition) is 7. The Morgan fingerprint density at radius 1 is 1.23 bits per heavy atom. The van der Waals surface area contributed by atoms with E-state index < -0.39 is 0 Å². The van der Waals surface area contributed by atoms with Gasteiger partial charge in [-0.1, -0.05) is 0 Å². The number of piperidine rings is 1. The topological polar surface area (TPSA) is 71.3 Å². The van der Waals surface area contributed by atoms with Crippen LogP contribution in [0.2, 0.25) is 0 Å². The third-order valence-corrected chi connectivity index (χ3v) is 6.21. The van der Waals surface area contributed by atoms with Crippen molar-refractivity contribution in [2.75, 3.05) is 44.5 Å². The average molecular weight is 519 g/mol. The third-order valence-electron chi connectivity index (χ3n) is 5.45. The zero-order valence-electron chi connectivity index (χ0n) is 17.4. The highest BCUT2D eigenvalue weighted by Gasteiger charge is 2.22. The minimum Gasteiger partial charge on any atom is -0.495 e. The van der Waals surface area contributed by atoms with Gasteiger partial charge in [-0.05, 0) is 61.7 Å². The second kappa shape index (κ2) is 9.17. The van der Waals surface area contributed by atoms with Gasteiger partial charge >= 0.3 is 0 Å². The number of anilines is 3. The van der Waals surface area contributed by atoms with Gasteiger partial charge < -0.3 is 19.9 Å². The van der Waals surface area contributed by atoms with Crippen molar-refractivity contribution in [1.29, 1.82) is 0 Å². The highest BCUT2D eigenvalue weighted by Crippen LogP contribution is 2.34. The van der Waals surface area contributed by atoms with Gasteiger partial charge in [-0.15, -0.1) is 0 Å². The summed E-state index contributed by atoms with van der Waals surface area (Å²) in [6.45, 7) is 2.06. The maximum absolute atomic E-state index is 5.71. The smallest absolute Gasteiger partial charge is 0.229 e. The van der Waals surface area contributed by atoms with E-state index in [0.29, 0.717) is 12.0 Å². The number of imidazole rings is 1. The fourth-order valence-electron chi connectivity index (χ4n) is 3.75. The third kappa shape index (κ3) is 4.51. The minimum atomic E-state index is 0.528. The molecule has 0 spiro atoms. The van der Waals surface area contributed by atoms with Crippen LogP contribution in [0.25, 0.3) is 5.82 Å². The lowest BCUT2D eigenvalue weighted by molar-refractivity contribution is 0.249. The number of hydrogen-bond donors (Lipinski definition) is 1. The molecule has 0 saturated carbocycles. The number of benzene rings is 1. The Bertz CT molecular complexity index is 985. The number of nitrogens with zero attached hydrogens (tertiary/aromatic N) is 6. The molecule has 1 aliphatic heterocycles. The summed E-state index contributed by atoms with van der Waals surface area (Å²) in [5.41, 5.74) is 2.01. The van der Waals surface area contributed by atoms with Crippen LogP contribution >= 0.6 is 22.6 Å². The van der Waals surface area contributed by atoms with E-state index in [4.69, 9.17) is 4.74 Å². The van der Waals surface area contributed by atoms with Crippen LogP contribution in [0.1, 0.15) is 12.8 Å². The molecule has 3 heterocycles. The van der Waals surface area contributed by atoms with Crippen molar-refractivity contribution in [2.24, 2.45) is 0 Å². The number of nitrogens with one attached hydrogen (secondary N) is 1. The summed E-state index contributed by atoms with van der Waals surface area (Å²) in [5, 5.41) is 3.30. The highest BCUT2D eigenvalue weighted by molar-refractivity contribution is 14.1. The molecule has 8 nitrogen and oxygen atoms in total. The largest absolute Gasteiger partial charge is 0.495 e. The zero-order chi connectivity index (χ0) is 21.1. The molecule has 1 saturated heterocycles. The quantitative estimate of drug-likeness (QED) is 0.500. The summed E-state index contributed by atoms with van der Waals surface area (Å²) in [7, 11) is 6.03. The SMILES string of the molecule is COc1cc(Nc2ncc(I)c(-n3ccnc3)n2)ccc1N1CCC(N(C)C)CC1. The van der Waals surface area contributed by atoms with Crippen molar-refractivity contribution in [3.05, 3.63) is 46.7 Å². The van der Waals surface area contributed by atoms with Gasteiger partial charge in [0, 0.05) is 49.5 Å². The van der Waals surface area contributed by atoms with E-state index in [1.165, 1.54) is 0 Å². The van der Waals surface area contributed by atoms with Gasteiger partial charge in [0.25, 0.3) is 0 Å². The van der Waals surface area contributed by atoms with Crippen LogP contribution in [-0.2, 0) is 0 Å². The minimum absolute atomic E-state index is 0.528. The van der Waals surface area contributed by atoms with E-state index in [1.54, 1.807) is 25.8 Å². The molecule has 1 fully saturated rings. The molecule has 0 unspecified atom stereocenters. The van der Waals surface area contributed by atoms with Gasteiger partial charge in [-0.3, -0.25) is 4.57 Å². The molecule has 1 aliphatic rings. The molecule has 158 valence electrons. The van der Waals surface area contributed by atoms with Gasteiger partial charge in [0.15, 0.2) is 5.82 Å². The Hall–Kier alpha value is -2.40. The number of halogens is 1. The Morgan fingerprint density at radius 3 is 2.70 bits per heavy atom. The molecule has 1 N–H and O–H groups in total. The van der Waals surface area contributed by atoms with Crippen LogP contribution < -0.4 is 15.0 Å². The Balaban J connectivity index is 1.52. The van der Waals surface area contributed by atoms with Crippen LogP contribution in [-0.4, -0.2) is 64.8 Å². The van der Waals surface area contributed by atoms with E-state index in [2.05, 4.69) is 72.8 Å². The molecule has 0 amide bonds. The molecule has 4 rings (SSSR count). The normalized spacial score (nSPS) is 14.9. The Morgan fingerprint density at radius 2 is 2.03 bits per heavy atom. The first-order valence-corrected chi connectivity index (χ1v) is 11.0. The first-order chi connectivity index (χ1) is 14.5. The first kappa shape index (κ1) is 20.9. The summed E-state index contributed by atoms with van der Waals surface area (Å²) >= 11 is 2.22. The Labute approximate surface area is 190 Å². The zero-order valence-corrected chi connectivity index (χ0v) is 19.6. The molecule has 0 atom stereocenters. The molecule has 2 aromatic heterocycles. The van der Waals surface area contributed by atoms with Gasteiger partial charge in [0.1, 0.15) is 12.1 Å². The lowest BCUT2D eigenvalue weighted by atomic mass is 10.0. The molecule has 1 aromatic carbocycles. The maximum Gasteiger partial charge on any atom is 0.229 e. The fraction of sp³-hybridized carbons (Fsp3) is 0.381. The van der Waals surface area contributed by atoms with Crippen LogP contribution in [0, 0.1) is 3.57 Å². The van der Waals surface area contributed by atoms with Crippen LogP contribution in [0.5, 0.6) is 5.75 Å². The van der Waals surface area contributed by atoms with E-state index in [0.717, 1.165) is 52.4 Å². The molecule has 0 bridgehead atoms. The molecule has 3 aromatic rings. The molecule has 0 radical (unpaired) electrons. The number of ether oxygens (including phenoxy) is 1. The molecule has 9 heteroatoms. The predicted molar refractivity (Wildman–Crippen MR) is 127 cm³/mol.